The second-order valence-corrected chi connectivity index (χ2v) is 2.02. The maximum atomic E-state index is 5.38. The van der Waals surface area contributed by atoms with E-state index in [1.807, 2.05) is 26.0 Å². The summed E-state index contributed by atoms with van der Waals surface area (Å²) in [4.78, 5) is 0. The van der Waals surface area contributed by atoms with Crippen LogP contribution in [-0.2, 0) is 4.74 Å². The summed E-state index contributed by atoms with van der Waals surface area (Å²) in [6.07, 6.45) is 3.66. The molecule has 0 aromatic carbocycles. The molecule has 0 aromatic rings. The van der Waals surface area contributed by atoms with Gasteiger partial charge in [0.05, 0.1) is 13.1 Å². The van der Waals surface area contributed by atoms with Gasteiger partial charge < -0.3 is 16.2 Å². The summed E-state index contributed by atoms with van der Waals surface area (Å²) in [7, 11) is 0. The molecule has 0 saturated carbocycles. The third-order valence-electron chi connectivity index (χ3n) is 1.31. The van der Waals surface area contributed by atoms with Crippen LogP contribution < -0.4 is 11.5 Å². The van der Waals surface area contributed by atoms with Gasteiger partial charge in [-0.05, 0) is 26.0 Å². The highest BCUT2D eigenvalue weighted by molar-refractivity contribution is 5.01. The van der Waals surface area contributed by atoms with E-state index < -0.39 is 0 Å². The van der Waals surface area contributed by atoms with Gasteiger partial charge in [-0.25, -0.2) is 0 Å². The molecule has 0 fully saturated rings. The lowest BCUT2D eigenvalue weighted by Crippen LogP contribution is -2.11. The van der Waals surface area contributed by atoms with Crippen molar-refractivity contribution < 1.29 is 4.74 Å². The average Bonchev–Trinajstić information content (AvgIpc) is 2.07. The zero-order valence-electron chi connectivity index (χ0n) is 7.13. The molecule has 0 aromatic heterocycles. The molecule has 0 heterocycles. The standard InChI is InChI=1S/C8H16N2O/c1-3-7(5-9)11-8(4-2)6-10/h3-4H,5-6,9-10H2,1-2H3. The molecule has 64 valence electrons. The highest BCUT2D eigenvalue weighted by Crippen LogP contribution is 2.02. The van der Waals surface area contributed by atoms with Gasteiger partial charge in [-0.2, -0.15) is 0 Å². The largest absolute Gasteiger partial charge is 0.464 e. The van der Waals surface area contributed by atoms with Crippen molar-refractivity contribution in [2.75, 3.05) is 13.1 Å². The third-order valence-corrected chi connectivity index (χ3v) is 1.31. The summed E-state index contributed by atoms with van der Waals surface area (Å²) in [6, 6.07) is 0. The van der Waals surface area contributed by atoms with Crippen molar-refractivity contribution in [3.05, 3.63) is 23.7 Å². The molecule has 0 saturated heterocycles. The van der Waals surface area contributed by atoms with E-state index in [0.29, 0.717) is 13.1 Å². The highest BCUT2D eigenvalue weighted by Gasteiger charge is 1.96. The summed E-state index contributed by atoms with van der Waals surface area (Å²) in [6.45, 7) is 4.58. The number of allylic oxidation sites excluding steroid dienone is 2. The van der Waals surface area contributed by atoms with Crippen molar-refractivity contribution in [1.82, 2.24) is 0 Å². The van der Waals surface area contributed by atoms with Crippen LogP contribution in [0.3, 0.4) is 0 Å². The molecule has 4 N–H and O–H groups in total. The zero-order valence-corrected chi connectivity index (χ0v) is 7.13. The molecule has 0 radical (unpaired) electrons. The van der Waals surface area contributed by atoms with E-state index in [2.05, 4.69) is 0 Å². The van der Waals surface area contributed by atoms with E-state index in [1.54, 1.807) is 0 Å². The molecule has 3 heteroatoms. The molecule has 0 amide bonds. The first-order valence-electron chi connectivity index (χ1n) is 3.66. The lowest BCUT2D eigenvalue weighted by atomic mass is 10.4. The predicted molar refractivity (Wildman–Crippen MR) is 46.7 cm³/mol. The van der Waals surface area contributed by atoms with Crippen LogP contribution in [0.15, 0.2) is 23.7 Å². The van der Waals surface area contributed by atoms with E-state index in [-0.39, 0.29) is 0 Å². The number of hydrogen-bond acceptors (Lipinski definition) is 3. The van der Waals surface area contributed by atoms with Crippen LogP contribution in [0.4, 0.5) is 0 Å². The Bertz CT molecular complexity index is 143. The zero-order chi connectivity index (χ0) is 8.69. The van der Waals surface area contributed by atoms with Gasteiger partial charge in [0.25, 0.3) is 0 Å². The van der Waals surface area contributed by atoms with Crippen LogP contribution >= 0.6 is 0 Å². The molecule has 0 spiro atoms. The van der Waals surface area contributed by atoms with Gasteiger partial charge in [-0.15, -0.1) is 0 Å². The van der Waals surface area contributed by atoms with Gasteiger partial charge in [-0.1, -0.05) is 0 Å². The normalized spacial score (nSPS) is 13.5. The Labute approximate surface area is 67.7 Å². The Morgan fingerprint density at radius 2 is 1.45 bits per heavy atom. The Hall–Kier alpha value is -0.800. The SMILES string of the molecule is CC=C(CN)OC(=CC)CN. The number of nitrogens with two attached hydrogens (primary N) is 2. The van der Waals surface area contributed by atoms with Crippen molar-refractivity contribution in [3.63, 3.8) is 0 Å². The molecule has 0 unspecified atom stereocenters. The van der Waals surface area contributed by atoms with Crippen LogP contribution in [-0.4, -0.2) is 13.1 Å². The van der Waals surface area contributed by atoms with Crippen LogP contribution in [0.5, 0.6) is 0 Å². The van der Waals surface area contributed by atoms with Crippen LogP contribution in [0, 0.1) is 0 Å². The van der Waals surface area contributed by atoms with Crippen molar-refractivity contribution in [1.29, 1.82) is 0 Å². The van der Waals surface area contributed by atoms with Crippen LogP contribution in [0.2, 0.25) is 0 Å². The Kier molecular flexibility index (Phi) is 5.51. The van der Waals surface area contributed by atoms with Crippen LogP contribution in [0.1, 0.15) is 13.8 Å². The molecular weight excluding hydrogens is 140 g/mol. The molecule has 0 aliphatic heterocycles. The first kappa shape index (κ1) is 10.2. The van der Waals surface area contributed by atoms with Gasteiger partial charge in [0.2, 0.25) is 0 Å². The quantitative estimate of drug-likeness (QED) is 0.590. The monoisotopic (exact) mass is 156 g/mol. The minimum Gasteiger partial charge on any atom is -0.464 e. The Morgan fingerprint density at radius 3 is 1.64 bits per heavy atom. The second kappa shape index (κ2) is 5.95. The van der Waals surface area contributed by atoms with Crippen molar-refractivity contribution in [2.24, 2.45) is 11.5 Å². The van der Waals surface area contributed by atoms with Gasteiger partial charge >= 0.3 is 0 Å². The van der Waals surface area contributed by atoms with E-state index in [4.69, 9.17) is 16.2 Å². The van der Waals surface area contributed by atoms with Crippen LogP contribution in [0.25, 0.3) is 0 Å². The molecule has 0 rings (SSSR count). The van der Waals surface area contributed by atoms with E-state index in [1.165, 1.54) is 0 Å². The van der Waals surface area contributed by atoms with Gasteiger partial charge in [0.1, 0.15) is 11.5 Å². The molecule has 0 aliphatic rings. The van der Waals surface area contributed by atoms with E-state index in [0.717, 1.165) is 11.5 Å². The third kappa shape index (κ3) is 3.80. The van der Waals surface area contributed by atoms with Crippen molar-refractivity contribution >= 4 is 0 Å². The minimum absolute atomic E-state index is 0.411. The fraction of sp³-hybridized carbons (Fsp3) is 0.500. The van der Waals surface area contributed by atoms with E-state index in [9.17, 15) is 0 Å². The predicted octanol–water partition coefficient (Wildman–Crippen LogP) is 0.728. The maximum Gasteiger partial charge on any atom is 0.113 e. The van der Waals surface area contributed by atoms with Gasteiger partial charge in [-0.3, -0.25) is 0 Å². The van der Waals surface area contributed by atoms with Crippen molar-refractivity contribution in [3.8, 4) is 0 Å². The summed E-state index contributed by atoms with van der Waals surface area (Å²) in [5.41, 5.74) is 10.8. The van der Waals surface area contributed by atoms with Gasteiger partial charge in [0, 0.05) is 0 Å². The molecule has 0 atom stereocenters. The summed E-state index contributed by atoms with van der Waals surface area (Å²) in [5.74, 6) is 1.51. The second-order valence-electron chi connectivity index (χ2n) is 2.02. The minimum atomic E-state index is 0.411. The first-order valence-corrected chi connectivity index (χ1v) is 3.66. The molecule has 11 heavy (non-hydrogen) atoms. The Morgan fingerprint density at radius 1 is 1.09 bits per heavy atom. The highest BCUT2D eigenvalue weighted by atomic mass is 16.5. The fourth-order valence-electron chi connectivity index (χ4n) is 0.605. The lowest BCUT2D eigenvalue weighted by molar-refractivity contribution is 0.294. The summed E-state index contributed by atoms with van der Waals surface area (Å²) < 4.78 is 5.32. The topological polar surface area (TPSA) is 61.3 Å². The Balaban J connectivity index is 4.00. The summed E-state index contributed by atoms with van der Waals surface area (Å²) >= 11 is 0. The van der Waals surface area contributed by atoms with Crippen molar-refractivity contribution in [2.45, 2.75) is 13.8 Å². The average molecular weight is 156 g/mol. The molecular formula is C8H16N2O. The number of rotatable bonds is 4. The number of ether oxygens (including phenoxy) is 1. The molecule has 0 aliphatic carbocycles. The molecule has 3 nitrogen and oxygen atoms in total. The first-order chi connectivity index (χ1) is 5.28. The lowest BCUT2D eigenvalue weighted by Gasteiger charge is -2.08. The summed E-state index contributed by atoms with van der Waals surface area (Å²) in [5, 5.41) is 0. The molecule has 0 bridgehead atoms. The number of hydrogen-bond donors (Lipinski definition) is 2. The van der Waals surface area contributed by atoms with E-state index >= 15 is 0 Å². The maximum absolute atomic E-state index is 5.38. The fourth-order valence-corrected chi connectivity index (χ4v) is 0.605. The smallest absolute Gasteiger partial charge is 0.113 e. The van der Waals surface area contributed by atoms with Gasteiger partial charge in [0.15, 0.2) is 0 Å².